The number of para-hydroxylation sites is 1. The van der Waals surface area contributed by atoms with Crippen LogP contribution in [0.3, 0.4) is 0 Å². The van der Waals surface area contributed by atoms with Crippen LogP contribution in [0.25, 0.3) is 27.8 Å². The van der Waals surface area contributed by atoms with Crippen molar-refractivity contribution in [2.45, 2.75) is 13.0 Å². The highest BCUT2D eigenvalue weighted by Gasteiger charge is 2.18. The molecule has 170 valence electrons. The van der Waals surface area contributed by atoms with Crippen molar-refractivity contribution in [3.8, 4) is 28.3 Å². The molecule has 0 aliphatic carbocycles. The molecule has 9 nitrogen and oxygen atoms in total. The number of hydrogen-bond acceptors (Lipinski definition) is 5. The molecule has 0 aliphatic heterocycles. The Labute approximate surface area is 192 Å². The molecule has 0 saturated carbocycles. The van der Waals surface area contributed by atoms with Crippen molar-refractivity contribution in [2.24, 2.45) is 0 Å². The first kappa shape index (κ1) is 22.2. The summed E-state index contributed by atoms with van der Waals surface area (Å²) < 4.78 is 7.67. The van der Waals surface area contributed by atoms with Gasteiger partial charge < -0.3 is 20.1 Å². The van der Waals surface area contributed by atoms with Crippen molar-refractivity contribution in [1.29, 1.82) is 0 Å². The number of phenols is 1. The lowest BCUT2D eigenvalue weighted by Crippen LogP contribution is -2.37. The summed E-state index contributed by atoms with van der Waals surface area (Å²) >= 11 is 6.42. The average molecular weight is 469 g/mol. The molecule has 0 bridgehead atoms. The maximum atomic E-state index is 13.1. The van der Waals surface area contributed by atoms with Gasteiger partial charge in [-0.1, -0.05) is 35.9 Å². The molecular weight excluding hydrogens is 448 g/mol. The number of carbonyl (C=O) groups is 1. The Kier molecular flexibility index (Phi) is 5.97. The third-order valence-corrected chi connectivity index (χ3v) is 5.67. The van der Waals surface area contributed by atoms with Crippen LogP contribution in [0.1, 0.15) is 6.42 Å². The van der Waals surface area contributed by atoms with Crippen molar-refractivity contribution >= 4 is 28.5 Å². The van der Waals surface area contributed by atoms with Gasteiger partial charge in [0, 0.05) is 31.3 Å². The van der Waals surface area contributed by atoms with Gasteiger partial charge in [-0.3, -0.25) is 18.7 Å². The van der Waals surface area contributed by atoms with Gasteiger partial charge in [0.15, 0.2) is 11.5 Å². The number of aromatic amines is 1. The quantitative estimate of drug-likeness (QED) is 0.402. The number of halogens is 1. The van der Waals surface area contributed by atoms with Crippen LogP contribution >= 0.6 is 11.6 Å². The van der Waals surface area contributed by atoms with Gasteiger partial charge in [-0.15, -0.1) is 0 Å². The van der Waals surface area contributed by atoms with Gasteiger partial charge in [-0.2, -0.15) is 0 Å². The van der Waals surface area contributed by atoms with Crippen molar-refractivity contribution < 1.29 is 14.6 Å². The molecule has 1 amide bonds. The minimum Gasteiger partial charge on any atom is -0.504 e. The topological polar surface area (TPSA) is 118 Å². The number of nitrogens with zero attached hydrogens (tertiary/aromatic N) is 2. The van der Waals surface area contributed by atoms with E-state index in [0.717, 1.165) is 10.1 Å². The van der Waals surface area contributed by atoms with E-state index in [9.17, 15) is 19.5 Å². The number of H-pyrrole nitrogens is 1. The number of fused-ring (bicyclic) bond motifs is 1. The minimum atomic E-state index is -0.617. The largest absolute Gasteiger partial charge is 0.504 e. The molecular formula is C23H21ClN4O5. The molecule has 4 rings (SSSR count). The maximum absolute atomic E-state index is 13.1. The number of benzene rings is 2. The van der Waals surface area contributed by atoms with Gasteiger partial charge in [-0.25, -0.2) is 4.79 Å². The van der Waals surface area contributed by atoms with E-state index in [2.05, 4.69) is 10.3 Å². The molecule has 0 fully saturated rings. The van der Waals surface area contributed by atoms with E-state index in [1.54, 1.807) is 42.5 Å². The molecule has 0 aliphatic rings. The van der Waals surface area contributed by atoms with E-state index >= 15 is 0 Å². The fraction of sp³-hybridized carbons (Fsp3) is 0.174. The van der Waals surface area contributed by atoms with E-state index in [-0.39, 0.29) is 35.3 Å². The van der Waals surface area contributed by atoms with Crippen LogP contribution < -0.4 is 21.3 Å². The van der Waals surface area contributed by atoms with Crippen molar-refractivity contribution in [3.63, 3.8) is 0 Å². The zero-order valence-electron chi connectivity index (χ0n) is 17.9. The maximum Gasteiger partial charge on any atom is 0.328 e. The summed E-state index contributed by atoms with van der Waals surface area (Å²) in [7, 11) is 2.96. The lowest BCUT2D eigenvalue weighted by Gasteiger charge is -2.11. The third kappa shape index (κ3) is 3.98. The molecule has 2 aromatic heterocycles. The third-order valence-electron chi connectivity index (χ3n) is 5.39. The number of methoxy groups -OCH3 is 1. The summed E-state index contributed by atoms with van der Waals surface area (Å²) in [5.41, 5.74) is 1.22. The normalized spacial score (nSPS) is 11.0. The highest BCUT2D eigenvalue weighted by atomic mass is 35.5. The standard InChI is InChI=1S/C23H21ClN4O5/c1-25-19(29)10-11-27-22(31)20-16(26-23(27)32)12-18(24)28(20)14-8-6-13(7-9-14)15-4-3-5-17(33-2)21(15)30/h3-9,12,30H,10-11H2,1-2H3,(H,25,29)(H,26,32). The van der Waals surface area contributed by atoms with Crippen molar-refractivity contribution in [3.05, 3.63) is 74.5 Å². The van der Waals surface area contributed by atoms with Crippen LogP contribution in [0, 0.1) is 0 Å². The van der Waals surface area contributed by atoms with E-state index < -0.39 is 11.2 Å². The number of rotatable bonds is 6. The van der Waals surface area contributed by atoms with E-state index in [1.807, 2.05) is 0 Å². The summed E-state index contributed by atoms with van der Waals surface area (Å²) in [5, 5.41) is 13.1. The fourth-order valence-electron chi connectivity index (χ4n) is 3.69. The Hall–Kier alpha value is -3.98. The molecule has 2 heterocycles. The monoisotopic (exact) mass is 468 g/mol. The lowest BCUT2D eigenvalue weighted by molar-refractivity contribution is -0.120. The predicted molar refractivity (Wildman–Crippen MR) is 126 cm³/mol. The molecule has 0 saturated heterocycles. The van der Waals surface area contributed by atoms with Crippen LogP contribution in [0.4, 0.5) is 0 Å². The second-order valence-electron chi connectivity index (χ2n) is 7.28. The number of amides is 1. The predicted octanol–water partition coefficient (Wildman–Crippen LogP) is 2.65. The van der Waals surface area contributed by atoms with Crippen LogP contribution in [-0.2, 0) is 11.3 Å². The molecule has 0 spiro atoms. The van der Waals surface area contributed by atoms with Crippen LogP contribution in [0.2, 0.25) is 5.15 Å². The molecule has 4 aromatic rings. The first-order valence-corrected chi connectivity index (χ1v) is 10.4. The summed E-state index contributed by atoms with van der Waals surface area (Å²) in [6.45, 7) is -0.0688. The van der Waals surface area contributed by atoms with Crippen LogP contribution in [0.5, 0.6) is 11.5 Å². The molecule has 0 atom stereocenters. The van der Waals surface area contributed by atoms with Gasteiger partial charge in [0.25, 0.3) is 5.56 Å². The number of carbonyl (C=O) groups excluding carboxylic acids is 1. The highest BCUT2D eigenvalue weighted by Crippen LogP contribution is 2.37. The first-order chi connectivity index (χ1) is 15.8. The number of aromatic hydroxyl groups is 1. The second kappa shape index (κ2) is 8.87. The summed E-state index contributed by atoms with van der Waals surface area (Å²) in [6, 6.07) is 13.8. The average Bonchev–Trinajstić information content (AvgIpc) is 3.14. The number of nitrogens with one attached hydrogen (secondary N) is 2. The Balaban J connectivity index is 1.80. The van der Waals surface area contributed by atoms with Crippen LogP contribution in [-0.4, -0.2) is 39.3 Å². The van der Waals surface area contributed by atoms with Gasteiger partial charge in [0.2, 0.25) is 5.91 Å². The molecule has 2 aromatic carbocycles. The zero-order valence-corrected chi connectivity index (χ0v) is 18.6. The fourth-order valence-corrected chi connectivity index (χ4v) is 3.98. The van der Waals surface area contributed by atoms with E-state index in [4.69, 9.17) is 16.3 Å². The van der Waals surface area contributed by atoms with Gasteiger partial charge in [-0.05, 0) is 29.8 Å². The molecule has 33 heavy (non-hydrogen) atoms. The van der Waals surface area contributed by atoms with E-state index in [0.29, 0.717) is 22.5 Å². The Morgan fingerprint density at radius 1 is 1.18 bits per heavy atom. The van der Waals surface area contributed by atoms with E-state index in [1.165, 1.54) is 24.8 Å². The molecule has 10 heteroatoms. The second-order valence-corrected chi connectivity index (χ2v) is 7.67. The first-order valence-electron chi connectivity index (χ1n) is 10.1. The number of hydrogen-bond donors (Lipinski definition) is 3. The summed E-state index contributed by atoms with van der Waals surface area (Å²) in [5.74, 6) is 0.0947. The summed E-state index contributed by atoms with van der Waals surface area (Å²) in [6.07, 6.45) is -0.0157. The Bertz CT molecular complexity index is 1470. The smallest absolute Gasteiger partial charge is 0.328 e. The number of phenolic OH excluding ortho intramolecular Hbond substituents is 1. The highest BCUT2D eigenvalue weighted by molar-refractivity contribution is 6.31. The van der Waals surface area contributed by atoms with Gasteiger partial charge in [0.1, 0.15) is 10.7 Å². The lowest BCUT2D eigenvalue weighted by atomic mass is 10.0. The zero-order chi connectivity index (χ0) is 23.7. The minimum absolute atomic E-state index is 0.0157. The van der Waals surface area contributed by atoms with Gasteiger partial charge in [0.05, 0.1) is 12.6 Å². The number of ether oxygens (including phenoxy) is 1. The molecule has 0 radical (unpaired) electrons. The SMILES string of the molecule is CNC(=O)CCn1c(=O)[nH]c2cc(Cl)n(-c3ccc(-c4cccc(OC)c4O)cc3)c2c1=O. The molecule has 3 N–H and O–H groups in total. The van der Waals surface area contributed by atoms with Crippen LogP contribution in [0.15, 0.2) is 58.1 Å². The van der Waals surface area contributed by atoms with Crippen molar-refractivity contribution in [2.75, 3.05) is 14.2 Å². The molecule has 0 unspecified atom stereocenters. The number of aromatic nitrogens is 3. The summed E-state index contributed by atoms with van der Waals surface area (Å²) in [4.78, 5) is 39.8. The Morgan fingerprint density at radius 3 is 2.58 bits per heavy atom. The van der Waals surface area contributed by atoms with Gasteiger partial charge >= 0.3 is 5.69 Å². The van der Waals surface area contributed by atoms with Crippen molar-refractivity contribution in [1.82, 2.24) is 19.4 Å². The Morgan fingerprint density at radius 2 is 1.91 bits per heavy atom.